The van der Waals surface area contributed by atoms with Gasteiger partial charge in [0, 0.05) is 18.3 Å². The molecule has 2 rings (SSSR count). The number of aromatic carboxylic acids is 1. The van der Waals surface area contributed by atoms with Gasteiger partial charge in [0.1, 0.15) is 0 Å². The predicted octanol–water partition coefficient (Wildman–Crippen LogP) is 2.66. The van der Waals surface area contributed by atoms with Gasteiger partial charge in [0.05, 0.1) is 0 Å². The Labute approximate surface area is 106 Å². The molecule has 4 heteroatoms. The Bertz CT molecular complexity index is 583. The lowest BCUT2D eigenvalue weighted by Gasteiger charge is -2.03. The summed E-state index contributed by atoms with van der Waals surface area (Å²) < 4.78 is 1.60. The second-order valence-corrected chi connectivity index (χ2v) is 4.29. The molecule has 0 aliphatic heterocycles. The van der Waals surface area contributed by atoms with E-state index in [2.05, 4.69) is 12.0 Å². The average Bonchev–Trinajstić information content (AvgIpc) is 2.66. The van der Waals surface area contributed by atoms with Crippen LogP contribution in [0.15, 0.2) is 24.3 Å². The first-order valence-electron chi connectivity index (χ1n) is 5.90. The number of carboxylic acids is 1. The number of nitrogens with zero attached hydrogens (tertiary/aromatic N) is 2. The quantitative estimate of drug-likeness (QED) is 0.903. The Morgan fingerprint density at radius 2 is 1.94 bits per heavy atom. The van der Waals surface area contributed by atoms with Crippen molar-refractivity contribution in [2.24, 2.45) is 7.05 Å². The lowest BCUT2D eigenvalue weighted by atomic mass is 10.0. The summed E-state index contributed by atoms with van der Waals surface area (Å²) in [7, 11) is 1.76. The van der Waals surface area contributed by atoms with E-state index in [9.17, 15) is 9.90 Å². The Balaban J connectivity index is 2.58. The molecule has 0 saturated heterocycles. The molecule has 2 aromatic rings. The van der Waals surface area contributed by atoms with Crippen LogP contribution in [0.4, 0.5) is 0 Å². The van der Waals surface area contributed by atoms with Crippen LogP contribution in [0.5, 0.6) is 0 Å². The maximum Gasteiger partial charge on any atom is 0.357 e. The van der Waals surface area contributed by atoms with Gasteiger partial charge in [-0.3, -0.25) is 4.68 Å². The molecule has 0 amide bonds. The van der Waals surface area contributed by atoms with Crippen molar-refractivity contribution in [3.8, 4) is 11.1 Å². The first-order chi connectivity index (χ1) is 8.54. The number of aromatic nitrogens is 2. The molecular weight excluding hydrogens is 228 g/mol. The predicted molar refractivity (Wildman–Crippen MR) is 69.7 cm³/mol. The molecule has 0 unspecified atom stereocenters. The fourth-order valence-corrected chi connectivity index (χ4v) is 2.01. The van der Waals surface area contributed by atoms with Crippen LogP contribution in [0.1, 0.15) is 28.7 Å². The molecule has 0 aliphatic carbocycles. The van der Waals surface area contributed by atoms with Gasteiger partial charge in [0.25, 0.3) is 0 Å². The molecule has 1 aromatic carbocycles. The molecule has 0 aliphatic rings. The molecule has 0 fully saturated rings. The highest BCUT2D eigenvalue weighted by Gasteiger charge is 2.19. The monoisotopic (exact) mass is 244 g/mol. The lowest BCUT2D eigenvalue weighted by Crippen LogP contribution is -2.00. The maximum atomic E-state index is 11.2. The van der Waals surface area contributed by atoms with E-state index in [0.29, 0.717) is 5.56 Å². The molecule has 4 nitrogen and oxygen atoms in total. The summed E-state index contributed by atoms with van der Waals surface area (Å²) >= 11 is 0. The van der Waals surface area contributed by atoms with E-state index in [0.717, 1.165) is 17.7 Å². The largest absolute Gasteiger partial charge is 0.476 e. The summed E-state index contributed by atoms with van der Waals surface area (Å²) in [5, 5.41) is 13.2. The molecule has 18 heavy (non-hydrogen) atoms. The van der Waals surface area contributed by atoms with E-state index in [4.69, 9.17) is 0 Å². The highest BCUT2D eigenvalue weighted by Crippen LogP contribution is 2.27. The van der Waals surface area contributed by atoms with E-state index in [1.54, 1.807) is 11.7 Å². The van der Waals surface area contributed by atoms with Gasteiger partial charge in [-0.1, -0.05) is 31.2 Å². The maximum absolute atomic E-state index is 11.2. The molecular formula is C14H16N2O2. The van der Waals surface area contributed by atoms with E-state index >= 15 is 0 Å². The van der Waals surface area contributed by atoms with Crippen LogP contribution >= 0.6 is 0 Å². The number of carboxylic acid groups (broad SMARTS) is 1. The van der Waals surface area contributed by atoms with E-state index < -0.39 is 5.97 Å². The Hall–Kier alpha value is -2.10. The van der Waals surface area contributed by atoms with Crippen molar-refractivity contribution in [3.05, 3.63) is 41.2 Å². The van der Waals surface area contributed by atoms with Gasteiger partial charge in [-0.05, 0) is 24.5 Å². The lowest BCUT2D eigenvalue weighted by molar-refractivity contribution is 0.0690. The smallest absolute Gasteiger partial charge is 0.357 e. The van der Waals surface area contributed by atoms with Crippen molar-refractivity contribution in [3.63, 3.8) is 0 Å². The zero-order valence-corrected chi connectivity index (χ0v) is 10.8. The molecule has 1 N–H and O–H groups in total. The molecule has 0 saturated carbocycles. The molecule has 94 valence electrons. The van der Waals surface area contributed by atoms with Gasteiger partial charge in [-0.25, -0.2) is 4.79 Å². The second-order valence-electron chi connectivity index (χ2n) is 4.29. The van der Waals surface area contributed by atoms with Crippen LogP contribution < -0.4 is 0 Å². The Morgan fingerprint density at radius 3 is 2.44 bits per heavy atom. The summed E-state index contributed by atoms with van der Waals surface area (Å²) in [5.41, 5.74) is 3.80. The normalized spacial score (nSPS) is 10.6. The summed E-state index contributed by atoms with van der Waals surface area (Å²) in [5.74, 6) is -0.992. The van der Waals surface area contributed by atoms with Gasteiger partial charge in [0.15, 0.2) is 5.69 Å². The summed E-state index contributed by atoms with van der Waals surface area (Å²) in [6.07, 6.45) is 0.970. The first-order valence-corrected chi connectivity index (χ1v) is 5.90. The van der Waals surface area contributed by atoms with Crippen molar-refractivity contribution in [1.82, 2.24) is 9.78 Å². The number of aryl methyl sites for hydroxylation is 2. The Morgan fingerprint density at radius 1 is 1.33 bits per heavy atom. The number of rotatable bonds is 3. The van der Waals surface area contributed by atoms with Crippen molar-refractivity contribution in [2.75, 3.05) is 0 Å². The van der Waals surface area contributed by atoms with E-state index in [1.165, 1.54) is 5.56 Å². The third-order valence-corrected chi connectivity index (χ3v) is 3.19. The van der Waals surface area contributed by atoms with Gasteiger partial charge in [-0.2, -0.15) is 5.10 Å². The number of carbonyl (C=O) groups is 1. The number of hydrogen-bond acceptors (Lipinski definition) is 2. The second kappa shape index (κ2) is 4.64. The van der Waals surface area contributed by atoms with Crippen LogP contribution in [-0.4, -0.2) is 20.9 Å². The van der Waals surface area contributed by atoms with Gasteiger partial charge in [-0.15, -0.1) is 0 Å². The molecule has 0 bridgehead atoms. The molecule has 0 spiro atoms. The van der Waals surface area contributed by atoms with Gasteiger partial charge < -0.3 is 5.11 Å². The zero-order chi connectivity index (χ0) is 13.3. The fourth-order valence-electron chi connectivity index (χ4n) is 2.01. The van der Waals surface area contributed by atoms with Crippen LogP contribution in [0.25, 0.3) is 11.1 Å². The zero-order valence-electron chi connectivity index (χ0n) is 10.8. The van der Waals surface area contributed by atoms with Crippen molar-refractivity contribution >= 4 is 5.97 Å². The van der Waals surface area contributed by atoms with Crippen LogP contribution in [0.2, 0.25) is 0 Å². The summed E-state index contributed by atoms with van der Waals surface area (Å²) in [4.78, 5) is 11.2. The standard InChI is InChI=1S/C14H16N2O2/c1-4-10-5-7-11(8-6-10)12-9(2)16(3)15-13(12)14(17)18/h5-8H,4H2,1-3H3,(H,17,18). The topological polar surface area (TPSA) is 55.1 Å². The minimum Gasteiger partial charge on any atom is -0.476 e. The third-order valence-electron chi connectivity index (χ3n) is 3.19. The highest BCUT2D eigenvalue weighted by atomic mass is 16.4. The van der Waals surface area contributed by atoms with Gasteiger partial charge in [0.2, 0.25) is 0 Å². The molecule has 1 heterocycles. The summed E-state index contributed by atoms with van der Waals surface area (Å²) in [6.45, 7) is 3.97. The van der Waals surface area contributed by atoms with Crippen molar-refractivity contribution in [1.29, 1.82) is 0 Å². The van der Waals surface area contributed by atoms with Crippen LogP contribution in [0.3, 0.4) is 0 Å². The Kier molecular flexibility index (Phi) is 3.19. The third kappa shape index (κ3) is 2.01. The molecule has 1 aromatic heterocycles. The first kappa shape index (κ1) is 12.4. The minimum absolute atomic E-state index is 0.110. The minimum atomic E-state index is -0.992. The SMILES string of the molecule is CCc1ccc(-c2c(C(=O)O)nn(C)c2C)cc1. The molecule has 0 atom stereocenters. The highest BCUT2D eigenvalue weighted by molar-refractivity contribution is 5.94. The fraction of sp³-hybridized carbons (Fsp3) is 0.286. The van der Waals surface area contributed by atoms with Crippen LogP contribution in [0, 0.1) is 6.92 Å². The van der Waals surface area contributed by atoms with Crippen molar-refractivity contribution in [2.45, 2.75) is 20.3 Å². The van der Waals surface area contributed by atoms with Gasteiger partial charge >= 0.3 is 5.97 Å². The summed E-state index contributed by atoms with van der Waals surface area (Å²) in [6, 6.07) is 7.95. The van der Waals surface area contributed by atoms with E-state index in [-0.39, 0.29) is 5.69 Å². The number of hydrogen-bond donors (Lipinski definition) is 1. The number of benzene rings is 1. The molecule has 0 radical (unpaired) electrons. The van der Waals surface area contributed by atoms with Crippen LogP contribution in [-0.2, 0) is 13.5 Å². The average molecular weight is 244 g/mol. The van der Waals surface area contributed by atoms with E-state index in [1.807, 2.05) is 31.2 Å². The van der Waals surface area contributed by atoms with Crippen molar-refractivity contribution < 1.29 is 9.90 Å².